The van der Waals surface area contributed by atoms with Gasteiger partial charge in [0, 0.05) is 6.42 Å². The highest BCUT2D eigenvalue weighted by molar-refractivity contribution is 7.04. The van der Waals surface area contributed by atoms with Crippen LogP contribution >= 0.6 is 9.03 Å². The normalized spacial score (nSPS) is 16.9. The smallest absolute Gasteiger partial charge is 0.0825 e. The van der Waals surface area contributed by atoms with Crippen LogP contribution < -0.4 is 0 Å². The Morgan fingerprint density at radius 3 is 2.86 bits per heavy atom. The first kappa shape index (κ1) is 4.73. The van der Waals surface area contributed by atoms with Crippen LogP contribution in [-0.4, -0.2) is 0 Å². The first-order valence-electron chi connectivity index (χ1n) is 2.20. The third kappa shape index (κ3) is 0.971. The van der Waals surface area contributed by atoms with Crippen molar-refractivity contribution < 1.29 is 0 Å². The number of nitrogens with zero attached hydrogens (tertiary/aromatic N) is 1. The molecule has 0 bridgehead atoms. The van der Waals surface area contributed by atoms with Crippen molar-refractivity contribution in [1.29, 1.82) is 0 Å². The first-order chi connectivity index (χ1) is 3.43. The summed E-state index contributed by atoms with van der Waals surface area (Å²) in [6.07, 6.45) is 7.11. The van der Waals surface area contributed by atoms with Crippen molar-refractivity contribution in [3.63, 3.8) is 0 Å². The molecule has 0 aliphatic heterocycles. The highest BCUT2D eigenvalue weighted by Crippen LogP contribution is 2.11. The maximum absolute atomic E-state index is 3.90. The molecule has 1 nitrogen and oxygen atoms in total. The fourth-order valence-corrected chi connectivity index (χ4v) is 0.723. The average molecular weight is 112 g/mol. The van der Waals surface area contributed by atoms with Gasteiger partial charge in [-0.05, 0) is 6.08 Å². The second-order valence-electron chi connectivity index (χ2n) is 1.42. The molecule has 1 aliphatic carbocycles. The molecule has 0 saturated carbocycles. The number of hydrogen-bond acceptors (Lipinski definition) is 1. The predicted molar refractivity (Wildman–Crippen MR) is 34.0 cm³/mol. The molecule has 0 N–H and O–H groups in total. The molecule has 1 aliphatic rings. The van der Waals surface area contributed by atoms with Gasteiger partial charge in [0.2, 0.25) is 0 Å². The summed E-state index contributed by atoms with van der Waals surface area (Å²) in [5, 5.41) is 0. The van der Waals surface area contributed by atoms with Crippen molar-refractivity contribution >= 4 is 9.03 Å². The van der Waals surface area contributed by atoms with Crippen LogP contribution in [-0.2, 0) is 0 Å². The molecule has 1 unspecified atom stereocenters. The van der Waals surface area contributed by atoms with E-state index in [1.54, 1.807) is 0 Å². The van der Waals surface area contributed by atoms with E-state index in [4.69, 9.17) is 0 Å². The number of allylic oxidation sites excluding steroid dienone is 3. The molecule has 2 heteroatoms. The van der Waals surface area contributed by atoms with E-state index in [1.807, 2.05) is 12.2 Å². The Morgan fingerprint density at radius 2 is 2.57 bits per heavy atom. The van der Waals surface area contributed by atoms with Gasteiger partial charge in [0.25, 0.3) is 0 Å². The SMILES string of the molecule is [PH2+]=NC1=CC=CC1. The van der Waals surface area contributed by atoms with E-state index in [9.17, 15) is 0 Å². The van der Waals surface area contributed by atoms with Crippen LogP contribution in [0.1, 0.15) is 6.42 Å². The highest BCUT2D eigenvalue weighted by atomic mass is 31.0. The fraction of sp³-hybridized carbons (Fsp3) is 0.200. The Morgan fingerprint density at radius 1 is 1.71 bits per heavy atom. The second kappa shape index (κ2) is 2.04. The lowest BCUT2D eigenvalue weighted by Crippen LogP contribution is -1.61. The highest BCUT2D eigenvalue weighted by Gasteiger charge is 1.94. The Labute approximate surface area is 45.0 Å². The average Bonchev–Trinajstić information content (AvgIpc) is 2.14. The molecule has 7 heavy (non-hydrogen) atoms. The zero-order chi connectivity index (χ0) is 5.11. The van der Waals surface area contributed by atoms with E-state index < -0.39 is 0 Å². The monoisotopic (exact) mass is 112 g/mol. The van der Waals surface area contributed by atoms with E-state index in [1.165, 1.54) is 0 Å². The van der Waals surface area contributed by atoms with Gasteiger partial charge in [-0.2, -0.15) is 0 Å². The van der Waals surface area contributed by atoms with Crippen molar-refractivity contribution in [3.05, 3.63) is 23.9 Å². The van der Waals surface area contributed by atoms with Crippen LogP contribution in [0.4, 0.5) is 0 Å². The molecule has 0 aromatic carbocycles. The topological polar surface area (TPSA) is 12.4 Å². The Bertz CT molecular complexity index is 135. The van der Waals surface area contributed by atoms with Crippen LogP contribution in [0.25, 0.3) is 0 Å². The summed E-state index contributed by atoms with van der Waals surface area (Å²) in [4.78, 5) is 0. The summed E-state index contributed by atoms with van der Waals surface area (Å²) < 4.78 is 3.90. The minimum Gasteiger partial charge on any atom is -0.0825 e. The zero-order valence-electron chi connectivity index (χ0n) is 3.96. The predicted octanol–water partition coefficient (Wildman–Crippen LogP) is 1.89. The van der Waals surface area contributed by atoms with Crippen molar-refractivity contribution in [2.75, 3.05) is 0 Å². The molecular formula is C5H7NP+. The van der Waals surface area contributed by atoms with Crippen LogP contribution in [0.5, 0.6) is 0 Å². The third-order valence-electron chi connectivity index (χ3n) is 0.918. The summed E-state index contributed by atoms with van der Waals surface area (Å²) in [5.74, 6) is 0. The quantitative estimate of drug-likeness (QED) is 0.459. The number of rotatable bonds is 1. The minimum absolute atomic E-state index is 1.00. The Hall–Kier alpha value is -0.420. The van der Waals surface area contributed by atoms with Gasteiger partial charge in [-0.1, -0.05) is 16.9 Å². The van der Waals surface area contributed by atoms with Gasteiger partial charge in [-0.3, -0.25) is 0 Å². The van der Waals surface area contributed by atoms with Gasteiger partial charge in [0.05, 0.1) is 5.70 Å². The zero-order valence-corrected chi connectivity index (χ0v) is 5.12. The van der Waals surface area contributed by atoms with Gasteiger partial charge < -0.3 is 0 Å². The van der Waals surface area contributed by atoms with Crippen LogP contribution in [0.2, 0.25) is 0 Å². The van der Waals surface area contributed by atoms with Crippen molar-refractivity contribution in [2.45, 2.75) is 6.42 Å². The Balaban J connectivity index is 2.61. The van der Waals surface area contributed by atoms with Gasteiger partial charge in [0.15, 0.2) is 9.03 Å². The molecule has 0 amide bonds. The van der Waals surface area contributed by atoms with E-state index >= 15 is 0 Å². The third-order valence-corrected chi connectivity index (χ3v) is 1.25. The molecular weight excluding hydrogens is 105 g/mol. The minimum atomic E-state index is 1.00. The molecule has 0 spiro atoms. The molecule has 1 atom stereocenters. The molecule has 0 saturated heterocycles. The summed E-state index contributed by atoms with van der Waals surface area (Å²) >= 11 is 0. The van der Waals surface area contributed by atoms with E-state index in [0.29, 0.717) is 0 Å². The van der Waals surface area contributed by atoms with E-state index in [2.05, 4.69) is 19.9 Å². The summed E-state index contributed by atoms with van der Waals surface area (Å²) in [7, 11) is 2.34. The van der Waals surface area contributed by atoms with E-state index in [0.717, 1.165) is 12.1 Å². The Kier molecular flexibility index (Phi) is 1.38. The summed E-state index contributed by atoms with van der Waals surface area (Å²) in [6, 6.07) is 0. The maximum atomic E-state index is 3.90. The lowest BCUT2D eigenvalue weighted by molar-refractivity contribution is 1.22. The van der Waals surface area contributed by atoms with Gasteiger partial charge in [-0.15, -0.1) is 0 Å². The lowest BCUT2D eigenvalue weighted by atomic mass is 10.4. The second-order valence-corrected chi connectivity index (χ2v) is 1.68. The standard InChI is InChI=1S/C5H6NP/c7-6-5-3-1-2-4-5/h1-3,7H,4H2/p+1. The van der Waals surface area contributed by atoms with Crippen LogP contribution in [0.3, 0.4) is 0 Å². The summed E-state index contributed by atoms with van der Waals surface area (Å²) in [5.41, 5.74) is 1.14. The number of hydrogen-bond donors (Lipinski definition) is 0. The fourth-order valence-electron chi connectivity index (χ4n) is 0.532. The molecule has 36 valence electrons. The molecule has 0 aromatic rings. The van der Waals surface area contributed by atoms with Crippen LogP contribution in [0.15, 0.2) is 28.7 Å². The lowest BCUT2D eigenvalue weighted by Gasteiger charge is -1.76. The van der Waals surface area contributed by atoms with Gasteiger partial charge >= 0.3 is 0 Å². The molecule has 0 fully saturated rings. The molecule has 0 aromatic heterocycles. The van der Waals surface area contributed by atoms with Gasteiger partial charge in [-0.25, -0.2) is 0 Å². The molecule has 1 rings (SSSR count). The first-order valence-corrected chi connectivity index (χ1v) is 2.72. The van der Waals surface area contributed by atoms with Crippen molar-refractivity contribution in [3.8, 4) is 0 Å². The van der Waals surface area contributed by atoms with E-state index in [-0.39, 0.29) is 0 Å². The summed E-state index contributed by atoms with van der Waals surface area (Å²) in [6.45, 7) is 0. The van der Waals surface area contributed by atoms with Crippen molar-refractivity contribution in [2.24, 2.45) is 4.74 Å². The van der Waals surface area contributed by atoms with Crippen molar-refractivity contribution in [1.82, 2.24) is 0 Å². The van der Waals surface area contributed by atoms with Crippen LogP contribution in [0, 0.1) is 0 Å². The maximum Gasteiger partial charge on any atom is 0.177 e. The largest absolute Gasteiger partial charge is 0.177 e. The molecule has 0 radical (unpaired) electrons. The van der Waals surface area contributed by atoms with Gasteiger partial charge in [0.1, 0.15) is 0 Å². The molecule has 0 heterocycles.